The maximum Gasteiger partial charge on any atom is 0.108 e. The monoisotopic (exact) mass is 259 g/mol. The maximum atomic E-state index is 4.38. The fourth-order valence-corrected chi connectivity index (χ4v) is 2.92. The first-order valence-corrected chi connectivity index (χ1v) is 6.88. The van der Waals surface area contributed by atoms with Crippen LogP contribution in [0.4, 0.5) is 0 Å². The van der Waals surface area contributed by atoms with Crippen LogP contribution in [0.3, 0.4) is 0 Å². The van der Waals surface area contributed by atoms with E-state index in [0.29, 0.717) is 0 Å². The van der Waals surface area contributed by atoms with Gasteiger partial charge in [-0.05, 0) is 25.5 Å². The van der Waals surface area contributed by atoms with E-state index in [1.165, 1.54) is 17.9 Å². The van der Waals surface area contributed by atoms with Crippen molar-refractivity contribution in [3.05, 3.63) is 36.2 Å². The van der Waals surface area contributed by atoms with E-state index in [1.54, 1.807) is 0 Å². The van der Waals surface area contributed by atoms with Crippen molar-refractivity contribution in [3.8, 4) is 0 Å². The highest BCUT2D eigenvalue weighted by molar-refractivity contribution is 5.00. The zero-order valence-electron chi connectivity index (χ0n) is 11.7. The quantitative estimate of drug-likeness (QED) is 0.831. The van der Waals surface area contributed by atoms with Gasteiger partial charge in [-0.25, -0.2) is 4.98 Å². The van der Waals surface area contributed by atoms with Crippen LogP contribution in [0.5, 0.6) is 0 Å². The standard InChI is InChI=1S/C14H21N5/c1-17(11-13-5-6-16-18(13)2)9-12-3-4-14-15-7-8-19(14)10-12/h5-8,12H,3-4,9-11H2,1-2H3/t12-/m0/s1. The molecule has 0 unspecified atom stereocenters. The Labute approximate surface area is 113 Å². The van der Waals surface area contributed by atoms with Crippen LogP contribution >= 0.6 is 0 Å². The van der Waals surface area contributed by atoms with Crippen LogP contribution in [0.2, 0.25) is 0 Å². The lowest BCUT2D eigenvalue weighted by atomic mass is 9.99. The van der Waals surface area contributed by atoms with E-state index in [9.17, 15) is 0 Å². The van der Waals surface area contributed by atoms with E-state index in [-0.39, 0.29) is 0 Å². The summed E-state index contributed by atoms with van der Waals surface area (Å²) in [6.07, 6.45) is 8.23. The van der Waals surface area contributed by atoms with Gasteiger partial charge < -0.3 is 9.47 Å². The first kappa shape index (κ1) is 12.4. The van der Waals surface area contributed by atoms with Crippen LogP contribution in [-0.2, 0) is 26.6 Å². The fourth-order valence-electron chi connectivity index (χ4n) is 2.92. The topological polar surface area (TPSA) is 38.9 Å². The van der Waals surface area contributed by atoms with Crippen LogP contribution in [0.25, 0.3) is 0 Å². The van der Waals surface area contributed by atoms with Crippen molar-refractivity contribution in [1.82, 2.24) is 24.2 Å². The molecule has 1 aliphatic rings. The van der Waals surface area contributed by atoms with Crippen molar-refractivity contribution < 1.29 is 0 Å². The summed E-state index contributed by atoms with van der Waals surface area (Å²) in [5.74, 6) is 1.96. The van der Waals surface area contributed by atoms with E-state index < -0.39 is 0 Å². The molecule has 19 heavy (non-hydrogen) atoms. The molecule has 2 aromatic rings. The zero-order chi connectivity index (χ0) is 13.2. The lowest BCUT2D eigenvalue weighted by Gasteiger charge is -2.28. The molecule has 3 rings (SSSR count). The van der Waals surface area contributed by atoms with Crippen LogP contribution < -0.4 is 0 Å². The molecule has 0 aromatic carbocycles. The highest BCUT2D eigenvalue weighted by Crippen LogP contribution is 2.19. The molecule has 0 saturated heterocycles. The summed E-state index contributed by atoms with van der Waals surface area (Å²) >= 11 is 0. The predicted octanol–water partition coefficient (Wildman–Crippen LogP) is 1.31. The summed E-state index contributed by atoms with van der Waals surface area (Å²) in [4.78, 5) is 6.77. The molecule has 0 bridgehead atoms. The molecule has 0 fully saturated rings. The van der Waals surface area contributed by atoms with Gasteiger partial charge in [0.25, 0.3) is 0 Å². The molecule has 0 spiro atoms. The van der Waals surface area contributed by atoms with Crippen molar-refractivity contribution in [2.24, 2.45) is 13.0 Å². The Balaban J connectivity index is 1.56. The minimum atomic E-state index is 0.722. The molecular weight excluding hydrogens is 238 g/mol. The highest BCUT2D eigenvalue weighted by Gasteiger charge is 2.20. The van der Waals surface area contributed by atoms with Crippen molar-refractivity contribution in [1.29, 1.82) is 0 Å². The van der Waals surface area contributed by atoms with E-state index in [4.69, 9.17) is 0 Å². The Kier molecular flexibility index (Phi) is 3.38. The third-order valence-corrected chi connectivity index (χ3v) is 3.96. The Bertz CT molecular complexity index is 542. The van der Waals surface area contributed by atoms with Crippen LogP contribution in [-0.4, -0.2) is 37.8 Å². The molecule has 0 N–H and O–H groups in total. The molecule has 0 aliphatic carbocycles. The molecule has 5 nitrogen and oxygen atoms in total. The van der Waals surface area contributed by atoms with Gasteiger partial charge in [0.1, 0.15) is 5.82 Å². The summed E-state index contributed by atoms with van der Waals surface area (Å²) in [6.45, 7) is 3.19. The van der Waals surface area contributed by atoms with E-state index in [2.05, 4.69) is 38.9 Å². The Morgan fingerprint density at radius 1 is 1.42 bits per heavy atom. The number of fused-ring (bicyclic) bond motifs is 1. The number of aryl methyl sites for hydroxylation is 2. The van der Waals surface area contributed by atoms with Gasteiger partial charge in [0.05, 0.1) is 5.69 Å². The summed E-state index contributed by atoms with van der Waals surface area (Å²) in [5, 5.41) is 4.22. The smallest absolute Gasteiger partial charge is 0.108 e. The van der Waals surface area contributed by atoms with Gasteiger partial charge in [-0.1, -0.05) is 0 Å². The number of rotatable bonds is 4. The summed E-state index contributed by atoms with van der Waals surface area (Å²) in [7, 11) is 4.19. The number of imidazole rings is 1. The van der Waals surface area contributed by atoms with Crippen molar-refractivity contribution in [3.63, 3.8) is 0 Å². The van der Waals surface area contributed by atoms with E-state index in [0.717, 1.165) is 32.0 Å². The first-order valence-electron chi connectivity index (χ1n) is 6.88. The molecule has 1 aliphatic heterocycles. The molecule has 2 aromatic heterocycles. The highest BCUT2D eigenvalue weighted by atomic mass is 15.3. The normalized spacial score (nSPS) is 18.8. The minimum absolute atomic E-state index is 0.722. The summed E-state index contributed by atoms with van der Waals surface area (Å²) < 4.78 is 4.25. The second kappa shape index (κ2) is 5.17. The van der Waals surface area contributed by atoms with Gasteiger partial charge in [0.2, 0.25) is 0 Å². The number of hydrogen-bond acceptors (Lipinski definition) is 3. The summed E-state index contributed by atoms with van der Waals surface area (Å²) in [5.41, 5.74) is 1.27. The van der Waals surface area contributed by atoms with Crippen molar-refractivity contribution in [2.75, 3.05) is 13.6 Å². The average molecular weight is 259 g/mol. The first-order chi connectivity index (χ1) is 9.22. The number of hydrogen-bond donors (Lipinski definition) is 0. The molecule has 0 saturated carbocycles. The Morgan fingerprint density at radius 3 is 3.11 bits per heavy atom. The molecule has 0 radical (unpaired) electrons. The van der Waals surface area contributed by atoms with Crippen molar-refractivity contribution >= 4 is 0 Å². The predicted molar refractivity (Wildman–Crippen MR) is 73.6 cm³/mol. The van der Waals surface area contributed by atoms with Gasteiger partial charge in [0, 0.05) is 51.7 Å². The molecule has 0 amide bonds. The number of aromatic nitrogens is 4. The van der Waals surface area contributed by atoms with E-state index >= 15 is 0 Å². The van der Waals surface area contributed by atoms with Crippen molar-refractivity contribution in [2.45, 2.75) is 25.9 Å². The molecule has 1 atom stereocenters. The van der Waals surface area contributed by atoms with Gasteiger partial charge >= 0.3 is 0 Å². The number of nitrogens with zero attached hydrogens (tertiary/aromatic N) is 5. The van der Waals surface area contributed by atoms with E-state index in [1.807, 2.05) is 24.1 Å². The van der Waals surface area contributed by atoms with Gasteiger partial charge in [-0.3, -0.25) is 4.68 Å². The third-order valence-electron chi connectivity index (χ3n) is 3.96. The zero-order valence-corrected chi connectivity index (χ0v) is 11.7. The van der Waals surface area contributed by atoms with Gasteiger partial charge in [0.15, 0.2) is 0 Å². The Morgan fingerprint density at radius 2 is 2.32 bits per heavy atom. The van der Waals surface area contributed by atoms with Crippen LogP contribution in [0.1, 0.15) is 17.9 Å². The second-order valence-electron chi connectivity index (χ2n) is 5.54. The Hall–Kier alpha value is -1.62. The van der Waals surface area contributed by atoms with Gasteiger partial charge in [-0.2, -0.15) is 5.10 Å². The fraction of sp³-hybridized carbons (Fsp3) is 0.571. The molecular formula is C14H21N5. The third kappa shape index (κ3) is 2.71. The van der Waals surface area contributed by atoms with Gasteiger partial charge in [-0.15, -0.1) is 0 Å². The lowest BCUT2D eigenvalue weighted by molar-refractivity contribution is 0.225. The molecule has 102 valence electrons. The average Bonchev–Trinajstić information content (AvgIpc) is 2.98. The maximum absolute atomic E-state index is 4.38. The SMILES string of the molecule is CN(Cc1ccnn1C)C[C@@H]1CCc2nccn2C1. The second-order valence-corrected chi connectivity index (χ2v) is 5.54. The molecule has 3 heterocycles. The lowest BCUT2D eigenvalue weighted by Crippen LogP contribution is -2.31. The molecule has 5 heteroatoms. The van der Waals surface area contributed by atoms with Crippen LogP contribution in [0.15, 0.2) is 24.7 Å². The van der Waals surface area contributed by atoms with Crippen LogP contribution in [0, 0.1) is 5.92 Å². The summed E-state index contributed by atoms with van der Waals surface area (Å²) in [6, 6.07) is 2.09. The largest absolute Gasteiger partial charge is 0.335 e. The minimum Gasteiger partial charge on any atom is -0.335 e.